The predicted octanol–water partition coefficient (Wildman–Crippen LogP) is 1.59. The van der Waals surface area contributed by atoms with E-state index in [1.165, 1.54) is 0 Å². The first kappa shape index (κ1) is 11.9. The summed E-state index contributed by atoms with van der Waals surface area (Å²) in [5, 5.41) is 11.9. The van der Waals surface area contributed by atoms with Crippen LogP contribution in [0.3, 0.4) is 0 Å². The summed E-state index contributed by atoms with van der Waals surface area (Å²) in [5.74, 6) is 0.370. The molecule has 1 aromatic carbocycles. The summed E-state index contributed by atoms with van der Waals surface area (Å²) in [6.45, 7) is 0.662. The van der Waals surface area contributed by atoms with E-state index < -0.39 is 0 Å². The second kappa shape index (κ2) is 5.64. The molecule has 1 amide bonds. The number of aliphatic hydroxyl groups excluding tert-OH is 1. The van der Waals surface area contributed by atoms with Crippen molar-refractivity contribution in [1.29, 1.82) is 0 Å². The van der Waals surface area contributed by atoms with Crippen LogP contribution in [0.25, 0.3) is 6.08 Å². The summed E-state index contributed by atoms with van der Waals surface area (Å²) in [5.41, 5.74) is 1.02. The number of carbonyl (C=O) groups is 1. The van der Waals surface area contributed by atoms with Gasteiger partial charge in [-0.05, 0) is 30.4 Å². The Labute approximate surface area is 101 Å². The number of benzene rings is 1. The van der Waals surface area contributed by atoms with Gasteiger partial charge in [-0.2, -0.15) is 0 Å². The molecule has 1 fully saturated rings. The first-order valence-corrected chi connectivity index (χ1v) is 5.93. The van der Waals surface area contributed by atoms with Crippen molar-refractivity contribution in [3.63, 3.8) is 0 Å². The molecule has 0 aromatic heterocycles. The maximum atomic E-state index is 11.5. The number of aliphatic hydroxyl groups is 1. The van der Waals surface area contributed by atoms with Crippen molar-refractivity contribution in [1.82, 2.24) is 5.32 Å². The van der Waals surface area contributed by atoms with Crippen LogP contribution in [0.1, 0.15) is 18.4 Å². The number of carbonyl (C=O) groups excluding carboxylic acids is 1. The lowest BCUT2D eigenvalue weighted by molar-refractivity contribution is -0.117. The van der Waals surface area contributed by atoms with Crippen LogP contribution >= 0.6 is 0 Å². The van der Waals surface area contributed by atoms with Crippen LogP contribution < -0.4 is 5.32 Å². The van der Waals surface area contributed by atoms with E-state index in [-0.39, 0.29) is 12.0 Å². The normalized spacial score (nSPS) is 23.4. The fourth-order valence-corrected chi connectivity index (χ4v) is 1.91. The highest BCUT2D eigenvalue weighted by molar-refractivity contribution is 5.91. The summed E-state index contributed by atoms with van der Waals surface area (Å²) < 4.78 is 0. The average Bonchev–Trinajstić information content (AvgIpc) is 2.32. The highest BCUT2D eigenvalue weighted by Crippen LogP contribution is 2.25. The number of nitrogens with one attached hydrogen (secondary N) is 1. The standard InChI is InChI=1S/C14H17NO2/c16-13-8-12(9-13)10-15-14(17)7-6-11-4-2-1-3-5-11/h1-7,12-13,16H,8-10H2,(H,15,17). The van der Waals surface area contributed by atoms with Gasteiger partial charge in [0.2, 0.25) is 5.91 Å². The van der Waals surface area contributed by atoms with Crippen LogP contribution in [-0.2, 0) is 4.79 Å². The average molecular weight is 231 g/mol. The molecule has 0 spiro atoms. The van der Waals surface area contributed by atoms with Gasteiger partial charge in [-0.3, -0.25) is 4.79 Å². The molecule has 0 heterocycles. The molecular formula is C14H17NO2. The van der Waals surface area contributed by atoms with Gasteiger partial charge in [-0.15, -0.1) is 0 Å². The summed E-state index contributed by atoms with van der Waals surface area (Å²) in [6, 6.07) is 9.72. The van der Waals surface area contributed by atoms with Crippen molar-refractivity contribution in [2.45, 2.75) is 18.9 Å². The molecule has 1 aromatic rings. The van der Waals surface area contributed by atoms with E-state index in [0.717, 1.165) is 18.4 Å². The molecule has 0 saturated heterocycles. The summed E-state index contributed by atoms with van der Waals surface area (Å²) in [7, 11) is 0. The van der Waals surface area contributed by atoms with E-state index >= 15 is 0 Å². The van der Waals surface area contributed by atoms with Crippen LogP contribution in [0.5, 0.6) is 0 Å². The molecule has 0 unspecified atom stereocenters. The summed E-state index contributed by atoms with van der Waals surface area (Å²) in [4.78, 5) is 11.5. The van der Waals surface area contributed by atoms with Crippen LogP contribution in [0.4, 0.5) is 0 Å². The van der Waals surface area contributed by atoms with Crippen LogP contribution in [0, 0.1) is 5.92 Å². The minimum atomic E-state index is -0.156. The van der Waals surface area contributed by atoms with Gasteiger partial charge in [-0.1, -0.05) is 30.3 Å². The first-order valence-electron chi connectivity index (χ1n) is 5.93. The Kier molecular flexibility index (Phi) is 3.94. The summed E-state index contributed by atoms with van der Waals surface area (Å²) >= 11 is 0. The Morgan fingerprint density at radius 3 is 2.71 bits per heavy atom. The van der Waals surface area contributed by atoms with Gasteiger partial charge in [0.1, 0.15) is 0 Å². The largest absolute Gasteiger partial charge is 0.393 e. The van der Waals surface area contributed by atoms with Gasteiger partial charge in [0.25, 0.3) is 0 Å². The minimum absolute atomic E-state index is 0.0738. The molecule has 90 valence electrons. The molecule has 17 heavy (non-hydrogen) atoms. The van der Waals surface area contributed by atoms with Crippen LogP contribution in [0.2, 0.25) is 0 Å². The number of rotatable bonds is 4. The maximum absolute atomic E-state index is 11.5. The molecule has 1 aliphatic carbocycles. The molecule has 0 radical (unpaired) electrons. The van der Waals surface area contributed by atoms with E-state index in [4.69, 9.17) is 5.11 Å². The smallest absolute Gasteiger partial charge is 0.244 e. The topological polar surface area (TPSA) is 49.3 Å². The van der Waals surface area contributed by atoms with Gasteiger partial charge in [0.05, 0.1) is 6.10 Å². The third kappa shape index (κ3) is 3.71. The van der Waals surface area contributed by atoms with Gasteiger partial charge in [-0.25, -0.2) is 0 Å². The molecule has 3 nitrogen and oxygen atoms in total. The van der Waals surface area contributed by atoms with Crippen molar-refractivity contribution < 1.29 is 9.90 Å². The molecule has 2 rings (SSSR count). The van der Waals surface area contributed by atoms with Crippen molar-refractivity contribution in [3.05, 3.63) is 42.0 Å². The van der Waals surface area contributed by atoms with Gasteiger partial charge in [0.15, 0.2) is 0 Å². The van der Waals surface area contributed by atoms with Gasteiger partial charge in [0, 0.05) is 12.6 Å². The Bertz CT molecular complexity index is 394. The van der Waals surface area contributed by atoms with Crippen molar-refractivity contribution in [3.8, 4) is 0 Å². The van der Waals surface area contributed by atoms with Crippen LogP contribution in [-0.4, -0.2) is 23.7 Å². The number of hydrogen-bond acceptors (Lipinski definition) is 2. The highest BCUT2D eigenvalue weighted by atomic mass is 16.3. The Morgan fingerprint density at radius 2 is 2.06 bits per heavy atom. The third-order valence-corrected chi connectivity index (χ3v) is 3.00. The molecule has 2 N–H and O–H groups in total. The molecular weight excluding hydrogens is 214 g/mol. The van der Waals surface area contributed by atoms with E-state index in [1.54, 1.807) is 12.2 Å². The lowest BCUT2D eigenvalue weighted by atomic mass is 9.82. The Hall–Kier alpha value is -1.61. The van der Waals surface area contributed by atoms with Gasteiger partial charge < -0.3 is 10.4 Å². The monoisotopic (exact) mass is 231 g/mol. The van der Waals surface area contributed by atoms with Crippen molar-refractivity contribution >= 4 is 12.0 Å². The maximum Gasteiger partial charge on any atom is 0.244 e. The SMILES string of the molecule is O=C(C=Cc1ccccc1)NCC1CC(O)C1. The van der Waals surface area contributed by atoms with Crippen LogP contribution in [0.15, 0.2) is 36.4 Å². The second-order valence-corrected chi connectivity index (χ2v) is 4.48. The lowest BCUT2D eigenvalue weighted by Gasteiger charge is -2.31. The summed E-state index contributed by atoms with van der Waals surface area (Å²) in [6.07, 6.45) is 4.80. The predicted molar refractivity (Wildman–Crippen MR) is 67.2 cm³/mol. The van der Waals surface area contributed by atoms with Crippen molar-refractivity contribution in [2.24, 2.45) is 5.92 Å². The molecule has 0 bridgehead atoms. The molecule has 0 atom stereocenters. The quantitative estimate of drug-likeness (QED) is 0.773. The highest BCUT2D eigenvalue weighted by Gasteiger charge is 2.26. The molecule has 0 aliphatic heterocycles. The zero-order valence-corrected chi connectivity index (χ0v) is 9.67. The van der Waals surface area contributed by atoms with E-state index in [1.807, 2.05) is 30.3 Å². The molecule has 1 saturated carbocycles. The Morgan fingerprint density at radius 1 is 1.35 bits per heavy atom. The minimum Gasteiger partial charge on any atom is -0.393 e. The van der Waals surface area contributed by atoms with Gasteiger partial charge >= 0.3 is 0 Å². The van der Waals surface area contributed by atoms with Crippen molar-refractivity contribution in [2.75, 3.05) is 6.54 Å². The van der Waals surface area contributed by atoms with E-state index in [0.29, 0.717) is 12.5 Å². The second-order valence-electron chi connectivity index (χ2n) is 4.48. The van der Waals surface area contributed by atoms with E-state index in [9.17, 15) is 4.79 Å². The molecule has 1 aliphatic rings. The zero-order chi connectivity index (χ0) is 12.1. The van der Waals surface area contributed by atoms with E-state index in [2.05, 4.69) is 5.32 Å². The first-order chi connectivity index (χ1) is 8.24. The third-order valence-electron chi connectivity index (χ3n) is 3.00. The lowest BCUT2D eigenvalue weighted by Crippen LogP contribution is -2.37. The number of amides is 1. The Balaban J connectivity index is 1.72. The fourth-order valence-electron chi connectivity index (χ4n) is 1.91. The zero-order valence-electron chi connectivity index (χ0n) is 9.67. The molecule has 3 heteroatoms. The fraction of sp³-hybridized carbons (Fsp3) is 0.357. The number of hydrogen-bond donors (Lipinski definition) is 2.